The van der Waals surface area contributed by atoms with Gasteiger partial charge in [-0.05, 0) is 31.4 Å². The first-order chi connectivity index (χ1) is 13.7. The van der Waals surface area contributed by atoms with Crippen molar-refractivity contribution in [2.75, 3.05) is 27.3 Å². The summed E-state index contributed by atoms with van der Waals surface area (Å²) in [6.07, 6.45) is 2.02. The minimum absolute atomic E-state index is 0.167. The van der Waals surface area contributed by atoms with Crippen LogP contribution in [0.15, 0.2) is 48.5 Å². The predicted molar refractivity (Wildman–Crippen MR) is 105 cm³/mol. The zero-order valence-corrected chi connectivity index (χ0v) is 16.2. The van der Waals surface area contributed by atoms with Crippen LogP contribution in [0, 0.1) is 0 Å². The van der Waals surface area contributed by atoms with Gasteiger partial charge in [-0.3, -0.25) is 4.79 Å². The van der Waals surface area contributed by atoms with Gasteiger partial charge in [-0.15, -0.1) is 0 Å². The minimum atomic E-state index is -1.01. The van der Waals surface area contributed by atoms with E-state index in [0.29, 0.717) is 30.2 Å². The Bertz CT molecular complexity index is 793. The van der Waals surface area contributed by atoms with E-state index in [1.807, 2.05) is 18.2 Å². The molecular weight excluding hydrogens is 358 g/mol. The highest BCUT2D eigenvalue weighted by Gasteiger charge is 2.32. The number of ether oxygens (including phenoxy) is 3. The van der Waals surface area contributed by atoms with Gasteiger partial charge in [-0.2, -0.15) is 0 Å². The fourth-order valence-corrected chi connectivity index (χ4v) is 3.39. The SMILES string of the molecule is COc1cccc(OC)c1C(=O)OC(C(=O)N1CCCCC1)c1ccccc1. The Balaban J connectivity index is 1.92. The molecule has 148 valence electrons. The molecule has 1 saturated heterocycles. The van der Waals surface area contributed by atoms with E-state index in [1.165, 1.54) is 14.2 Å². The number of amides is 1. The lowest BCUT2D eigenvalue weighted by Gasteiger charge is -2.30. The van der Waals surface area contributed by atoms with Crippen molar-refractivity contribution in [2.24, 2.45) is 0 Å². The lowest BCUT2D eigenvalue weighted by atomic mass is 10.1. The highest BCUT2D eigenvalue weighted by Crippen LogP contribution is 2.31. The van der Waals surface area contributed by atoms with Crippen LogP contribution in [0.2, 0.25) is 0 Å². The second kappa shape index (κ2) is 9.26. The monoisotopic (exact) mass is 383 g/mol. The zero-order valence-electron chi connectivity index (χ0n) is 16.2. The van der Waals surface area contributed by atoms with E-state index in [4.69, 9.17) is 14.2 Å². The standard InChI is InChI=1S/C22H25NO5/c1-26-17-12-9-13-18(27-2)19(17)22(25)28-20(16-10-5-3-6-11-16)21(24)23-14-7-4-8-15-23/h3,5-6,9-13,20H,4,7-8,14-15H2,1-2H3. The molecule has 2 aromatic carbocycles. The van der Waals surface area contributed by atoms with Gasteiger partial charge in [-0.1, -0.05) is 36.4 Å². The molecule has 28 heavy (non-hydrogen) atoms. The Morgan fingerprint density at radius 1 is 0.857 bits per heavy atom. The number of hydrogen-bond acceptors (Lipinski definition) is 5. The third kappa shape index (κ3) is 4.27. The van der Waals surface area contributed by atoms with E-state index >= 15 is 0 Å². The van der Waals surface area contributed by atoms with Crippen molar-refractivity contribution >= 4 is 11.9 Å². The first kappa shape index (κ1) is 19.7. The van der Waals surface area contributed by atoms with Gasteiger partial charge in [0.25, 0.3) is 5.91 Å². The highest BCUT2D eigenvalue weighted by molar-refractivity contribution is 5.97. The molecule has 0 radical (unpaired) electrons. The van der Waals surface area contributed by atoms with Crippen LogP contribution in [0.25, 0.3) is 0 Å². The Kier molecular flexibility index (Phi) is 6.53. The topological polar surface area (TPSA) is 65.1 Å². The maximum atomic E-state index is 13.2. The van der Waals surface area contributed by atoms with Crippen LogP contribution in [-0.2, 0) is 9.53 Å². The van der Waals surface area contributed by atoms with Crippen molar-refractivity contribution in [1.82, 2.24) is 4.90 Å². The third-order valence-corrected chi connectivity index (χ3v) is 4.85. The molecule has 1 atom stereocenters. The number of piperidine rings is 1. The van der Waals surface area contributed by atoms with Crippen molar-refractivity contribution < 1.29 is 23.8 Å². The maximum absolute atomic E-state index is 13.2. The number of esters is 1. The fourth-order valence-electron chi connectivity index (χ4n) is 3.39. The molecule has 3 rings (SSSR count). The molecule has 0 saturated carbocycles. The van der Waals surface area contributed by atoms with Gasteiger partial charge in [0.05, 0.1) is 14.2 Å². The number of methoxy groups -OCH3 is 2. The van der Waals surface area contributed by atoms with Gasteiger partial charge in [0.15, 0.2) is 0 Å². The zero-order chi connectivity index (χ0) is 19.9. The summed E-state index contributed by atoms with van der Waals surface area (Å²) in [4.78, 5) is 28.0. The normalized spacial score (nSPS) is 14.9. The van der Waals surface area contributed by atoms with E-state index < -0.39 is 12.1 Å². The van der Waals surface area contributed by atoms with Crippen LogP contribution in [0.1, 0.15) is 41.3 Å². The van der Waals surface area contributed by atoms with Crippen LogP contribution < -0.4 is 9.47 Å². The smallest absolute Gasteiger partial charge is 0.346 e. The molecule has 2 aromatic rings. The molecular formula is C22H25NO5. The van der Waals surface area contributed by atoms with Crippen LogP contribution >= 0.6 is 0 Å². The summed E-state index contributed by atoms with van der Waals surface area (Å²) >= 11 is 0. The van der Waals surface area contributed by atoms with Crippen molar-refractivity contribution in [3.05, 3.63) is 59.7 Å². The molecule has 1 aliphatic rings. The Morgan fingerprint density at radius 2 is 1.46 bits per heavy atom. The molecule has 1 fully saturated rings. The quantitative estimate of drug-likeness (QED) is 0.713. The molecule has 6 nitrogen and oxygen atoms in total. The van der Waals surface area contributed by atoms with Gasteiger partial charge < -0.3 is 19.1 Å². The largest absolute Gasteiger partial charge is 0.496 e. The van der Waals surface area contributed by atoms with E-state index in [1.54, 1.807) is 35.2 Å². The van der Waals surface area contributed by atoms with Crippen LogP contribution in [0.4, 0.5) is 0 Å². The highest BCUT2D eigenvalue weighted by atomic mass is 16.6. The average molecular weight is 383 g/mol. The summed E-state index contributed by atoms with van der Waals surface area (Å²) in [6, 6.07) is 14.1. The van der Waals surface area contributed by atoms with Crippen LogP contribution in [0.5, 0.6) is 11.5 Å². The van der Waals surface area contributed by atoms with Crippen LogP contribution in [-0.4, -0.2) is 44.1 Å². The molecule has 6 heteroatoms. The van der Waals surface area contributed by atoms with Crippen molar-refractivity contribution in [1.29, 1.82) is 0 Å². The number of carbonyl (C=O) groups excluding carboxylic acids is 2. The Labute approximate surface area is 165 Å². The number of likely N-dealkylation sites (tertiary alicyclic amines) is 1. The van der Waals surface area contributed by atoms with E-state index in [2.05, 4.69) is 0 Å². The molecule has 0 N–H and O–H groups in total. The summed E-state index contributed by atoms with van der Waals surface area (Å²) in [5.74, 6) is -0.190. The molecule has 1 heterocycles. The minimum Gasteiger partial charge on any atom is -0.496 e. The molecule has 1 aliphatic heterocycles. The van der Waals surface area contributed by atoms with Gasteiger partial charge in [0, 0.05) is 18.7 Å². The van der Waals surface area contributed by atoms with E-state index in [9.17, 15) is 9.59 Å². The van der Waals surface area contributed by atoms with Crippen molar-refractivity contribution in [3.8, 4) is 11.5 Å². The number of rotatable bonds is 6. The molecule has 1 amide bonds. The van der Waals surface area contributed by atoms with Crippen LogP contribution in [0.3, 0.4) is 0 Å². The molecule has 1 unspecified atom stereocenters. The second-order valence-corrected chi connectivity index (χ2v) is 6.62. The van der Waals surface area contributed by atoms with Gasteiger partial charge in [-0.25, -0.2) is 4.79 Å². The second-order valence-electron chi connectivity index (χ2n) is 6.62. The maximum Gasteiger partial charge on any atom is 0.346 e. The van der Waals surface area contributed by atoms with Crippen molar-refractivity contribution in [2.45, 2.75) is 25.4 Å². The van der Waals surface area contributed by atoms with E-state index in [0.717, 1.165) is 19.3 Å². The molecule has 0 aliphatic carbocycles. The lowest BCUT2D eigenvalue weighted by molar-refractivity contribution is -0.142. The molecule has 0 aromatic heterocycles. The molecule has 0 spiro atoms. The van der Waals surface area contributed by atoms with Gasteiger partial charge >= 0.3 is 5.97 Å². The number of nitrogens with zero attached hydrogens (tertiary/aromatic N) is 1. The predicted octanol–water partition coefficient (Wildman–Crippen LogP) is 3.61. The summed E-state index contributed by atoms with van der Waals surface area (Å²) in [7, 11) is 2.94. The average Bonchev–Trinajstić information content (AvgIpc) is 2.77. The number of carbonyl (C=O) groups is 2. The number of hydrogen-bond donors (Lipinski definition) is 0. The third-order valence-electron chi connectivity index (χ3n) is 4.85. The number of benzene rings is 2. The fraction of sp³-hybridized carbons (Fsp3) is 0.364. The Morgan fingerprint density at radius 3 is 2.04 bits per heavy atom. The first-order valence-electron chi connectivity index (χ1n) is 9.41. The van der Waals surface area contributed by atoms with Gasteiger partial charge in [0.2, 0.25) is 6.10 Å². The van der Waals surface area contributed by atoms with Crippen molar-refractivity contribution in [3.63, 3.8) is 0 Å². The Hall–Kier alpha value is -3.02. The van der Waals surface area contributed by atoms with Gasteiger partial charge in [0.1, 0.15) is 17.1 Å². The summed E-state index contributed by atoms with van der Waals surface area (Å²) < 4.78 is 16.3. The lowest BCUT2D eigenvalue weighted by Crippen LogP contribution is -2.40. The molecule has 0 bridgehead atoms. The summed E-state index contributed by atoms with van der Waals surface area (Å²) in [5, 5.41) is 0. The first-order valence-corrected chi connectivity index (χ1v) is 9.41. The summed E-state index contributed by atoms with van der Waals surface area (Å²) in [5.41, 5.74) is 0.806. The van der Waals surface area contributed by atoms with E-state index in [-0.39, 0.29) is 11.5 Å². The summed E-state index contributed by atoms with van der Waals surface area (Å²) in [6.45, 7) is 1.36.